The van der Waals surface area contributed by atoms with E-state index < -0.39 is 96.6 Å². The van der Waals surface area contributed by atoms with Gasteiger partial charge in [-0.2, -0.15) is 0 Å². The number of nitrogens with zero attached hydrogens (tertiary/aromatic N) is 1. The van der Waals surface area contributed by atoms with Gasteiger partial charge in [0.1, 0.15) is 48.1 Å². The molecule has 0 radical (unpaired) electrons. The Bertz CT molecular complexity index is 2790. The van der Waals surface area contributed by atoms with Crippen molar-refractivity contribution in [1.29, 1.82) is 0 Å². The van der Waals surface area contributed by atoms with Gasteiger partial charge in [0.15, 0.2) is 0 Å². The van der Waals surface area contributed by atoms with Crippen LogP contribution in [0.25, 0.3) is 11.0 Å². The predicted octanol–water partition coefficient (Wildman–Crippen LogP) is 0.614. The number of aromatic nitrogens is 2. The van der Waals surface area contributed by atoms with Gasteiger partial charge in [-0.3, -0.25) is 34.1 Å². The van der Waals surface area contributed by atoms with Gasteiger partial charge in [0.05, 0.1) is 25.6 Å². The monoisotopic (exact) mass is 1040 g/mol. The van der Waals surface area contributed by atoms with E-state index in [2.05, 4.69) is 47.2 Å². The summed E-state index contributed by atoms with van der Waals surface area (Å²) in [4.78, 5) is 113. The van der Waals surface area contributed by atoms with E-state index >= 15 is 0 Å². The van der Waals surface area contributed by atoms with Crippen molar-refractivity contribution in [3.8, 4) is 5.75 Å². The number of aryl methyl sites for hydroxylation is 1. The molecule has 5 aromatic rings. The molecule has 7 amide bonds. The molecule has 0 spiro atoms. The molecule has 3 aromatic carbocycles. The van der Waals surface area contributed by atoms with E-state index in [1.807, 2.05) is 13.8 Å². The number of nitrogens with two attached hydrogens (primary N) is 2. The molecule has 0 aliphatic carbocycles. The number of H-pyrrole nitrogens is 1. The number of phenolic OH excluding ortho intramolecular Hbond substituents is 1. The van der Waals surface area contributed by atoms with E-state index in [1.54, 1.807) is 55.5 Å². The number of carbonyl (C=O) groups is 7. The van der Waals surface area contributed by atoms with Gasteiger partial charge in [0.25, 0.3) is 0 Å². The number of aromatic amines is 1. The number of benzene rings is 3. The van der Waals surface area contributed by atoms with Crippen molar-refractivity contribution in [2.75, 3.05) is 30.4 Å². The Labute approximate surface area is 431 Å². The van der Waals surface area contributed by atoms with E-state index in [-0.39, 0.29) is 50.5 Å². The molecule has 0 aliphatic rings. The van der Waals surface area contributed by atoms with Crippen molar-refractivity contribution in [2.45, 2.75) is 102 Å². The fraction of sp³-hybridized carbons (Fsp3) is 0.392. The largest absolute Gasteiger partial charge is 0.508 e. The lowest BCUT2D eigenvalue weighted by Crippen LogP contribution is -2.60. The number of unbranched alkanes of at least 4 members (excludes halogenated alkanes) is 1. The molecule has 5 rings (SSSR count). The molecule has 6 atom stereocenters. The normalized spacial score (nSPS) is 13.5. The third-order valence-electron chi connectivity index (χ3n) is 11.7. The minimum absolute atomic E-state index is 0.0226. The average molecular weight is 1040 g/mol. The second kappa shape index (κ2) is 28.3. The number of aliphatic hydroxyl groups is 2. The lowest BCUT2D eigenvalue weighted by molar-refractivity contribution is -0.136. The molecule has 0 unspecified atom stereocenters. The summed E-state index contributed by atoms with van der Waals surface area (Å²) in [5, 5.41) is 48.7. The van der Waals surface area contributed by atoms with Crippen LogP contribution in [0, 0.1) is 12.8 Å². The fourth-order valence-electron chi connectivity index (χ4n) is 7.64. The van der Waals surface area contributed by atoms with Crippen molar-refractivity contribution in [3.05, 3.63) is 118 Å². The number of carbonyl (C=O) groups excluding carboxylic acids is 7. The highest BCUT2D eigenvalue weighted by atomic mass is 16.5. The van der Waals surface area contributed by atoms with E-state index in [9.17, 15) is 53.7 Å². The number of aromatic hydroxyl groups is 1. The van der Waals surface area contributed by atoms with Crippen LogP contribution in [0.2, 0.25) is 0 Å². The maximum absolute atomic E-state index is 14.2. The Hall–Kier alpha value is -8.19. The summed E-state index contributed by atoms with van der Waals surface area (Å²) >= 11 is 0. The van der Waals surface area contributed by atoms with Crippen molar-refractivity contribution < 1.29 is 58.0 Å². The van der Waals surface area contributed by atoms with E-state index in [1.165, 1.54) is 36.8 Å². The summed E-state index contributed by atoms with van der Waals surface area (Å²) in [5.74, 6) is -5.19. The van der Waals surface area contributed by atoms with Gasteiger partial charge in [-0.1, -0.05) is 38.1 Å². The van der Waals surface area contributed by atoms with Gasteiger partial charge in [0.2, 0.25) is 35.4 Å². The molecular weight excluding hydrogens is 975 g/mol. The first kappa shape index (κ1) is 57.7. The van der Waals surface area contributed by atoms with Crippen LogP contribution in [0.5, 0.6) is 5.75 Å². The van der Waals surface area contributed by atoms with Gasteiger partial charge in [0, 0.05) is 53.6 Å². The number of imidazole rings is 1. The van der Waals surface area contributed by atoms with E-state index in [0.717, 1.165) is 5.56 Å². The zero-order valence-electron chi connectivity index (χ0n) is 41.7. The van der Waals surface area contributed by atoms with E-state index in [4.69, 9.17) is 20.6 Å². The fourth-order valence-corrected chi connectivity index (χ4v) is 7.64. The topological polar surface area (TPSA) is 385 Å². The minimum Gasteiger partial charge on any atom is -0.508 e. The first-order valence-corrected chi connectivity index (χ1v) is 24.2. The van der Waals surface area contributed by atoms with Gasteiger partial charge < -0.3 is 72.8 Å². The zero-order valence-corrected chi connectivity index (χ0v) is 41.7. The van der Waals surface area contributed by atoms with Gasteiger partial charge in [-0.05, 0) is 98.2 Å². The first-order chi connectivity index (χ1) is 35.8. The van der Waals surface area contributed by atoms with Crippen molar-refractivity contribution in [2.24, 2.45) is 17.4 Å². The van der Waals surface area contributed by atoms with Crippen molar-refractivity contribution in [3.63, 3.8) is 0 Å². The van der Waals surface area contributed by atoms with Crippen LogP contribution in [-0.2, 0) is 53.0 Å². The molecular formula is C51H65N11O13. The second-order valence-corrected chi connectivity index (χ2v) is 18.2. The molecule has 0 bridgehead atoms. The van der Waals surface area contributed by atoms with Gasteiger partial charge in [-0.15, -0.1) is 0 Å². The number of nitrogens with one attached hydrogen (secondary N) is 8. The van der Waals surface area contributed by atoms with Crippen LogP contribution in [0.1, 0.15) is 61.9 Å². The number of fused-ring (bicyclic) bond motifs is 1. The number of ether oxygens (including phenoxy) is 1. The highest BCUT2D eigenvalue weighted by molar-refractivity contribution is 6.00. The zero-order chi connectivity index (χ0) is 54.6. The summed E-state index contributed by atoms with van der Waals surface area (Å²) in [6, 6.07) is 10.5. The molecule has 0 fully saturated rings. The lowest BCUT2D eigenvalue weighted by atomic mass is 10.00. The molecule has 0 saturated carbocycles. The number of hydrogen-bond acceptors (Lipinski definition) is 16. The Balaban J connectivity index is 1.23. The summed E-state index contributed by atoms with van der Waals surface area (Å²) in [6.07, 6.45) is 2.99. The number of phenols is 1. The predicted molar refractivity (Wildman–Crippen MR) is 274 cm³/mol. The summed E-state index contributed by atoms with van der Waals surface area (Å²) < 4.78 is 10.6. The smallest absolute Gasteiger partial charge is 0.411 e. The Morgan fingerprint density at radius 1 is 0.693 bits per heavy atom. The van der Waals surface area contributed by atoms with Crippen LogP contribution in [-0.4, -0.2) is 123 Å². The standard InChI is InChI=1S/C51H65N11O13/c1-28(2)18-39(59-46(68)38(6-4-5-17-52)58-49(71)42(25-64)62-50(72)41(24-63)61-45(67)37(53)21-34-23-54-27-55-34)48(70)60-40(20-30-9-14-35(65)15-10-30)47(69)56-32-11-7-31(8-12-32)26-74-51(73)57-33-13-16-36-29(3)19-44(66)75-43(36)22-33/h7-16,19,22-23,27-28,37-42,63-65H,4-6,17-18,20-21,24-26,52-53H2,1-3H3,(H,54,55)(H,56,69)(H,57,73)(H,58,71)(H,59,68)(H,60,70)(H,61,67)(H,62,72)/t37-,38-,39-,40-,41-,42-/m0/s1. The Morgan fingerprint density at radius 2 is 1.28 bits per heavy atom. The molecule has 2 aromatic heterocycles. The van der Waals surface area contributed by atoms with Crippen molar-refractivity contribution in [1.82, 2.24) is 36.6 Å². The molecule has 2 heterocycles. The molecule has 0 saturated heterocycles. The highest BCUT2D eigenvalue weighted by Crippen LogP contribution is 2.22. The molecule has 75 heavy (non-hydrogen) atoms. The molecule has 0 aliphatic heterocycles. The maximum atomic E-state index is 14.2. The van der Waals surface area contributed by atoms with Gasteiger partial charge in [-0.25, -0.2) is 14.6 Å². The van der Waals surface area contributed by atoms with Crippen LogP contribution in [0.4, 0.5) is 16.2 Å². The number of amides is 7. The molecule has 15 N–H and O–H groups in total. The summed E-state index contributed by atoms with van der Waals surface area (Å²) in [5.41, 5.74) is 14.5. The highest BCUT2D eigenvalue weighted by Gasteiger charge is 2.33. The van der Waals surface area contributed by atoms with Crippen molar-refractivity contribution >= 4 is 63.9 Å². The summed E-state index contributed by atoms with van der Waals surface area (Å²) in [7, 11) is 0. The molecule has 24 nitrogen and oxygen atoms in total. The molecule has 402 valence electrons. The second-order valence-electron chi connectivity index (χ2n) is 18.2. The SMILES string of the molecule is Cc1cc(=O)oc2cc(NC(=O)OCc3ccc(NC(=O)[C@H](Cc4ccc(O)cc4)NC(=O)[C@H](CC(C)C)NC(=O)[C@H](CCCCN)NC(=O)[C@H](CO)NC(=O)[C@H](CO)NC(=O)[C@@H](N)Cc4cnc[nH]4)cc3)ccc12. The van der Waals surface area contributed by atoms with Crippen LogP contribution in [0.3, 0.4) is 0 Å². The van der Waals surface area contributed by atoms with Crippen LogP contribution in [0.15, 0.2) is 94.5 Å². The van der Waals surface area contributed by atoms with Gasteiger partial charge >= 0.3 is 11.7 Å². The Kier molecular flexibility index (Phi) is 21.8. The number of rotatable bonds is 27. The Morgan fingerprint density at radius 3 is 1.91 bits per heavy atom. The lowest BCUT2D eigenvalue weighted by Gasteiger charge is -2.27. The summed E-state index contributed by atoms with van der Waals surface area (Å²) in [6.45, 7) is 3.68. The number of aliphatic hydroxyl groups excluding tert-OH is 2. The molecule has 24 heteroatoms. The van der Waals surface area contributed by atoms with E-state index in [0.29, 0.717) is 52.0 Å². The quantitative estimate of drug-likeness (QED) is 0.0253. The number of hydrogen-bond donors (Lipinski definition) is 13. The number of anilines is 2. The minimum atomic E-state index is -1.66. The third kappa shape index (κ3) is 18.1. The maximum Gasteiger partial charge on any atom is 0.411 e. The third-order valence-corrected chi connectivity index (χ3v) is 11.7. The van der Waals surface area contributed by atoms with Crippen LogP contribution >= 0.6 is 0 Å². The van der Waals surface area contributed by atoms with Crippen LogP contribution < -0.4 is 54.3 Å². The average Bonchev–Trinajstić information content (AvgIpc) is 3.89. The first-order valence-electron chi connectivity index (χ1n) is 24.2.